The Kier molecular flexibility index (Phi) is 11.0. The largest absolute Gasteiger partial charge is 0.493 e. The van der Waals surface area contributed by atoms with E-state index >= 15 is 0 Å². The molecule has 58 heavy (non-hydrogen) atoms. The van der Waals surface area contributed by atoms with Crippen molar-refractivity contribution in [2.75, 3.05) is 81.1 Å². The van der Waals surface area contributed by atoms with Crippen LogP contribution in [0.5, 0.6) is 23.3 Å². The summed E-state index contributed by atoms with van der Waals surface area (Å²) in [6, 6.07) is 26.1. The first-order chi connectivity index (χ1) is 28.1. The fourth-order valence-corrected chi connectivity index (χ4v) is 8.54. The van der Waals surface area contributed by atoms with Crippen molar-refractivity contribution in [2.45, 2.75) is 17.5 Å². The Labute approximate surface area is 339 Å². The maximum atomic E-state index is 14.4. The van der Waals surface area contributed by atoms with Gasteiger partial charge in [0.15, 0.2) is 11.5 Å². The van der Waals surface area contributed by atoms with Crippen LogP contribution in [-0.4, -0.2) is 97.0 Å². The molecular formula is C42H43N9O6S. The molecule has 0 radical (unpaired) electrons. The van der Waals surface area contributed by atoms with Crippen LogP contribution < -0.4 is 39.9 Å². The van der Waals surface area contributed by atoms with Crippen LogP contribution in [0.4, 0.5) is 29.1 Å². The van der Waals surface area contributed by atoms with Gasteiger partial charge in [-0.25, -0.2) is 9.78 Å². The van der Waals surface area contributed by atoms with Crippen molar-refractivity contribution in [3.05, 3.63) is 113 Å². The number of ether oxygens (including phenoxy) is 3. The van der Waals surface area contributed by atoms with E-state index in [2.05, 4.69) is 35.1 Å². The monoisotopic (exact) mass is 801 g/mol. The number of aryl methyl sites for hydroxylation is 1. The zero-order valence-electron chi connectivity index (χ0n) is 32.8. The average molecular weight is 802 g/mol. The second-order valence-corrected chi connectivity index (χ2v) is 15.4. The molecule has 0 bridgehead atoms. The summed E-state index contributed by atoms with van der Waals surface area (Å²) in [7, 11) is 6.86. The number of piperazine rings is 1. The van der Waals surface area contributed by atoms with E-state index < -0.39 is 5.63 Å². The summed E-state index contributed by atoms with van der Waals surface area (Å²) >= 11 is 1.64. The van der Waals surface area contributed by atoms with Gasteiger partial charge in [0.05, 0.1) is 19.5 Å². The maximum absolute atomic E-state index is 14.4. The van der Waals surface area contributed by atoms with Crippen molar-refractivity contribution in [2.24, 2.45) is 0 Å². The molecule has 2 aliphatic rings. The minimum atomic E-state index is -0.439. The fraction of sp³-hybridized carbons (Fsp3) is 0.286. The summed E-state index contributed by atoms with van der Waals surface area (Å²) in [6.07, 6.45) is 1.82. The first-order valence-corrected chi connectivity index (χ1v) is 19.7. The molecule has 2 saturated heterocycles. The number of carbonyl (C=O) groups excluding carboxylic acids is 1. The van der Waals surface area contributed by atoms with E-state index in [4.69, 9.17) is 18.6 Å². The summed E-state index contributed by atoms with van der Waals surface area (Å²) in [5.41, 5.74) is 3.14. The number of nitrogens with one attached hydrogen (secondary N) is 1. The molecule has 2 unspecified atom stereocenters. The van der Waals surface area contributed by atoms with Crippen molar-refractivity contribution in [1.82, 2.24) is 24.8 Å². The zero-order valence-corrected chi connectivity index (χ0v) is 33.6. The number of hydrogen-bond acceptors (Lipinski definition) is 15. The summed E-state index contributed by atoms with van der Waals surface area (Å²) in [5, 5.41) is 3.48. The number of nitrogens with zero attached hydrogens (tertiary/aromatic N) is 8. The van der Waals surface area contributed by atoms with Crippen LogP contribution in [0.15, 0.2) is 100 Å². The number of benzene rings is 3. The van der Waals surface area contributed by atoms with Crippen LogP contribution in [0.1, 0.15) is 16.5 Å². The summed E-state index contributed by atoms with van der Waals surface area (Å²) in [4.78, 5) is 52.8. The first kappa shape index (κ1) is 38.5. The van der Waals surface area contributed by atoms with Crippen LogP contribution in [-0.2, 0) is 4.79 Å². The number of anilines is 5. The lowest BCUT2D eigenvalue weighted by molar-refractivity contribution is -0.118. The zero-order chi connectivity index (χ0) is 40.3. The number of amides is 1. The van der Waals surface area contributed by atoms with Crippen molar-refractivity contribution in [3.63, 3.8) is 0 Å². The standard InChI is InChI=1S/C42H43N9O6S/c1-26-22-37(52)57-33-24-30(14-15-31(26)33)56-42-46-40(45-41(47-42)48(2)3)44-28-10-12-29(13-11-28)51-38(53)35(58-39(51)27-9-16-32(54-4)34(23-27)55-5)25-49-18-20-50(21-19-49)36-8-6-7-17-43-36/h6-17,22-24,35,39H,18-21,25H2,1-5H3,(H,44,45,46,47). The number of methoxy groups -OCH3 is 2. The number of hydrogen-bond donors (Lipinski definition) is 1. The second kappa shape index (κ2) is 16.6. The summed E-state index contributed by atoms with van der Waals surface area (Å²) < 4.78 is 22.6. The van der Waals surface area contributed by atoms with Gasteiger partial charge in [0, 0.05) is 81.9 Å². The van der Waals surface area contributed by atoms with Crippen molar-refractivity contribution < 1.29 is 23.4 Å². The summed E-state index contributed by atoms with van der Waals surface area (Å²) in [6.45, 7) is 5.83. The van der Waals surface area contributed by atoms with E-state index in [0.717, 1.165) is 54.2 Å². The Balaban J connectivity index is 1.02. The van der Waals surface area contributed by atoms with Gasteiger partial charge in [-0.1, -0.05) is 12.1 Å². The van der Waals surface area contributed by atoms with Gasteiger partial charge in [0.1, 0.15) is 22.5 Å². The van der Waals surface area contributed by atoms with Gasteiger partial charge < -0.3 is 33.7 Å². The minimum absolute atomic E-state index is 0.0376. The molecule has 0 spiro atoms. The van der Waals surface area contributed by atoms with E-state index in [1.165, 1.54) is 6.07 Å². The predicted octanol–water partition coefficient (Wildman–Crippen LogP) is 6.27. The molecule has 0 aliphatic carbocycles. The van der Waals surface area contributed by atoms with Crippen LogP contribution in [0.25, 0.3) is 11.0 Å². The second-order valence-electron chi connectivity index (χ2n) is 14.1. The number of pyridine rings is 1. The van der Waals surface area contributed by atoms with Crippen LogP contribution >= 0.6 is 11.8 Å². The number of aromatic nitrogens is 4. The van der Waals surface area contributed by atoms with Crippen LogP contribution in [0.3, 0.4) is 0 Å². The minimum Gasteiger partial charge on any atom is -0.493 e. The lowest BCUT2D eigenvalue weighted by Gasteiger charge is -2.36. The molecule has 1 amide bonds. The number of rotatable bonds is 12. The first-order valence-electron chi connectivity index (χ1n) is 18.8. The third kappa shape index (κ3) is 8.19. The quantitative estimate of drug-likeness (QED) is 0.138. The Bertz CT molecular complexity index is 2480. The molecule has 3 aromatic carbocycles. The molecule has 2 fully saturated rings. The molecule has 1 N–H and O–H groups in total. The number of thioether (sulfide) groups is 1. The molecule has 16 heteroatoms. The van der Waals surface area contributed by atoms with Gasteiger partial charge in [0.25, 0.3) is 0 Å². The van der Waals surface area contributed by atoms with E-state index in [-0.39, 0.29) is 28.5 Å². The van der Waals surface area contributed by atoms with Gasteiger partial charge in [-0.3, -0.25) is 14.6 Å². The Hall–Kier alpha value is -6.39. The van der Waals surface area contributed by atoms with Gasteiger partial charge in [-0.05, 0) is 78.7 Å². The van der Waals surface area contributed by atoms with Gasteiger partial charge >= 0.3 is 11.6 Å². The van der Waals surface area contributed by atoms with E-state index in [1.54, 1.807) is 43.0 Å². The molecule has 3 aromatic heterocycles. The van der Waals surface area contributed by atoms with Crippen molar-refractivity contribution in [3.8, 4) is 23.3 Å². The topological polar surface area (TPSA) is 152 Å². The average Bonchev–Trinajstić information content (AvgIpc) is 3.55. The number of carbonyl (C=O) groups is 1. The predicted molar refractivity (Wildman–Crippen MR) is 225 cm³/mol. The Morgan fingerprint density at radius 1 is 0.879 bits per heavy atom. The van der Waals surface area contributed by atoms with E-state index in [1.807, 2.05) is 98.8 Å². The van der Waals surface area contributed by atoms with E-state index in [0.29, 0.717) is 41.0 Å². The maximum Gasteiger partial charge on any atom is 0.336 e. The molecule has 6 aromatic rings. The highest BCUT2D eigenvalue weighted by molar-refractivity contribution is 8.01. The molecule has 0 saturated carbocycles. The van der Waals surface area contributed by atoms with Crippen LogP contribution in [0.2, 0.25) is 0 Å². The van der Waals surface area contributed by atoms with Gasteiger partial charge in [-0.2, -0.15) is 15.0 Å². The highest BCUT2D eigenvalue weighted by atomic mass is 32.2. The molecule has 2 atom stereocenters. The van der Waals surface area contributed by atoms with E-state index in [9.17, 15) is 9.59 Å². The Morgan fingerprint density at radius 2 is 1.67 bits per heavy atom. The third-order valence-electron chi connectivity index (χ3n) is 10.0. The van der Waals surface area contributed by atoms with Crippen LogP contribution in [0, 0.1) is 6.92 Å². The smallest absolute Gasteiger partial charge is 0.336 e. The highest BCUT2D eigenvalue weighted by Gasteiger charge is 2.43. The Morgan fingerprint density at radius 3 is 2.40 bits per heavy atom. The lowest BCUT2D eigenvalue weighted by atomic mass is 10.1. The third-order valence-corrected chi connectivity index (χ3v) is 11.5. The van der Waals surface area contributed by atoms with Crippen molar-refractivity contribution in [1.29, 1.82) is 0 Å². The fourth-order valence-electron chi connectivity index (χ4n) is 7.05. The van der Waals surface area contributed by atoms with Gasteiger partial charge in [0.2, 0.25) is 17.8 Å². The lowest BCUT2D eigenvalue weighted by Crippen LogP contribution is -2.49. The molecule has 2 aliphatic heterocycles. The molecule has 15 nitrogen and oxygen atoms in total. The molecular weight excluding hydrogens is 759 g/mol. The molecule has 298 valence electrons. The van der Waals surface area contributed by atoms with Gasteiger partial charge in [-0.15, -0.1) is 11.8 Å². The number of fused-ring (bicyclic) bond motifs is 1. The molecule has 5 heterocycles. The summed E-state index contributed by atoms with van der Waals surface area (Å²) in [5.74, 6) is 3.25. The molecule has 8 rings (SSSR count). The SMILES string of the molecule is COc1ccc(C2SC(CN3CCN(c4ccccn4)CC3)C(=O)N2c2ccc(Nc3nc(Oc4ccc5c(C)cc(=O)oc5c4)nc(N(C)C)n3)cc2)cc1OC. The highest BCUT2D eigenvalue weighted by Crippen LogP contribution is 2.47. The van der Waals surface area contributed by atoms with Crippen molar-refractivity contribution >= 4 is 57.7 Å². The normalized spacial score (nSPS) is 17.1.